The van der Waals surface area contributed by atoms with Gasteiger partial charge in [0, 0.05) is 37.2 Å². The SMILES string of the molecule is CN(Cc1ccc(F)cc1F)C(=O)C1CC2CCCC(C1)C2N.Cl. The minimum absolute atomic E-state index is 0. The number of hydrogen-bond acceptors (Lipinski definition) is 2. The van der Waals surface area contributed by atoms with E-state index in [1.54, 1.807) is 11.9 Å². The molecule has 2 N–H and O–H groups in total. The van der Waals surface area contributed by atoms with E-state index in [4.69, 9.17) is 5.73 Å². The molecule has 0 radical (unpaired) electrons. The zero-order valence-electron chi connectivity index (χ0n) is 13.9. The van der Waals surface area contributed by atoms with Crippen LogP contribution in [0.1, 0.15) is 37.7 Å². The number of nitrogens with zero attached hydrogens (tertiary/aromatic N) is 1. The van der Waals surface area contributed by atoms with Gasteiger partial charge in [-0.25, -0.2) is 8.78 Å². The van der Waals surface area contributed by atoms with E-state index in [0.29, 0.717) is 17.4 Å². The first-order chi connectivity index (χ1) is 11.0. The lowest BCUT2D eigenvalue weighted by Gasteiger charge is -2.44. The Labute approximate surface area is 148 Å². The first-order valence-electron chi connectivity index (χ1n) is 8.40. The molecule has 2 aliphatic carbocycles. The molecule has 2 aliphatic rings. The molecule has 2 bridgehead atoms. The van der Waals surface area contributed by atoms with Gasteiger partial charge in [-0.3, -0.25) is 4.79 Å². The van der Waals surface area contributed by atoms with Crippen LogP contribution >= 0.6 is 12.4 Å². The molecule has 2 fully saturated rings. The largest absolute Gasteiger partial charge is 0.341 e. The van der Waals surface area contributed by atoms with Gasteiger partial charge in [-0.15, -0.1) is 12.4 Å². The van der Waals surface area contributed by atoms with Crippen molar-refractivity contribution in [1.29, 1.82) is 0 Å². The summed E-state index contributed by atoms with van der Waals surface area (Å²) >= 11 is 0. The van der Waals surface area contributed by atoms with Crippen molar-refractivity contribution >= 4 is 18.3 Å². The molecule has 2 atom stereocenters. The lowest BCUT2D eigenvalue weighted by Crippen LogP contribution is -2.49. The summed E-state index contributed by atoms with van der Waals surface area (Å²) in [6, 6.07) is 3.71. The maximum absolute atomic E-state index is 13.8. The molecular weight excluding hydrogens is 334 g/mol. The standard InChI is InChI=1S/C18H24F2N2O.ClH/c1-22(10-13-5-6-15(19)9-16(13)20)18(23)14-7-11-3-2-4-12(8-14)17(11)21;/h5-6,9,11-12,14,17H,2-4,7-8,10,21H2,1H3;1H. The van der Waals surface area contributed by atoms with Crippen molar-refractivity contribution in [3.05, 3.63) is 35.4 Å². The first-order valence-corrected chi connectivity index (χ1v) is 8.40. The van der Waals surface area contributed by atoms with Gasteiger partial charge in [0.2, 0.25) is 5.91 Å². The molecule has 0 saturated heterocycles. The molecule has 0 aliphatic heterocycles. The molecule has 0 heterocycles. The summed E-state index contributed by atoms with van der Waals surface area (Å²) in [6.45, 7) is 0.169. The van der Waals surface area contributed by atoms with Crippen molar-refractivity contribution in [2.24, 2.45) is 23.5 Å². The van der Waals surface area contributed by atoms with E-state index in [9.17, 15) is 13.6 Å². The molecule has 24 heavy (non-hydrogen) atoms. The highest BCUT2D eigenvalue weighted by atomic mass is 35.5. The Morgan fingerprint density at radius 3 is 2.46 bits per heavy atom. The van der Waals surface area contributed by atoms with Gasteiger partial charge in [0.1, 0.15) is 11.6 Å². The predicted octanol–water partition coefficient (Wildman–Crippen LogP) is 3.50. The third-order valence-corrected chi connectivity index (χ3v) is 5.56. The van der Waals surface area contributed by atoms with Gasteiger partial charge in [0.15, 0.2) is 0 Å². The van der Waals surface area contributed by atoms with Crippen molar-refractivity contribution in [2.45, 2.75) is 44.7 Å². The highest BCUT2D eigenvalue weighted by molar-refractivity contribution is 5.85. The molecule has 0 spiro atoms. The Bertz CT molecular complexity index is 584. The fraction of sp³-hybridized carbons (Fsp3) is 0.611. The quantitative estimate of drug-likeness (QED) is 0.898. The molecule has 0 aromatic heterocycles. The first kappa shape index (κ1) is 19.1. The number of rotatable bonds is 3. The summed E-state index contributed by atoms with van der Waals surface area (Å²) in [5, 5.41) is 0. The van der Waals surface area contributed by atoms with Crippen LogP contribution in [0.5, 0.6) is 0 Å². The van der Waals surface area contributed by atoms with E-state index in [1.165, 1.54) is 18.6 Å². The van der Waals surface area contributed by atoms with Crippen LogP contribution in [0.25, 0.3) is 0 Å². The van der Waals surface area contributed by atoms with Gasteiger partial charge in [0.05, 0.1) is 0 Å². The van der Waals surface area contributed by atoms with Gasteiger partial charge in [-0.1, -0.05) is 12.5 Å². The van der Waals surface area contributed by atoms with Crippen molar-refractivity contribution in [3.63, 3.8) is 0 Å². The molecule has 1 aromatic carbocycles. The van der Waals surface area contributed by atoms with E-state index < -0.39 is 11.6 Å². The highest BCUT2D eigenvalue weighted by Gasteiger charge is 2.41. The van der Waals surface area contributed by atoms with Gasteiger partial charge >= 0.3 is 0 Å². The molecule has 2 unspecified atom stereocenters. The summed E-state index contributed by atoms with van der Waals surface area (Å²) in [4.78, 5) is 14.3. The van der Waals surface area contributed by atoms with Gasteiger partial charge in [0.25, 0.3) is 0 Å². The number of halogens is 3. The van der Waals surface area contributed by atoms with E-state index in [1.807, 2.05) is 0 Å². The minimum atomic E-state index is -0.604. The lowest BCUT2D eigenvalue weighted by atomic mass is 9.65. The molecule has 1 amide bonds. The third kappa shape index (κ3) is 3.89. The van der Waals surface area contributed by atoms with E-state index in [0.717, 1.165) is 31.7 Å². The summed E-state index contributed by atoms with van der Waals surface area (Å²) in [5.41, 5.74) is 6.61. The van der Waals surface area contributed by atoms with Crippen LogP contribution in [0.3, 0.4) is 0 Å². The molecular formula is C18H25ClF2N2O. The van der Waals surface area contributed by atoms with Crippen molar-refractivity contribution in [1.82, 2.24) is 4.90 Å². The van der Waals surface area contributed by atoms with Crippen LogP contribution < -0.4 is 5.73 Å². The molecule has 1 aromatic rings. The van der Waals surface area contributed by atoms with E-state index in [2.05, 4.69) is 0 Å². The maximum atomic E-state index is 13.8. The monoisotopic (exact) mass is 358 g/mol. The number of hydrogen-bond donors (Lipinski definition) is 1. The molecule has 6 heteroatoms. The lowest BCUT2D eigenvalue weighted by molar-refractivity contribution is -0.137. The average molecular weight is 359 g/mol. The Morgan fingerprint density at radius 1 is 1.25 bits per heavy atom. The van der Waals surface area contributed by atoms with Crippen molar-refractivity contribution < 1.29 is 13.6 Å². The van der Waals surface area contributed by atoms with Crippen LogP contribution in [0, 0.1) is 29.4 Å². The zero-order valence-corrected chi connectivity index (χ0v) is 14.7. The summed E-state index contributed by atoms with van der Waals surface area (Å²) in [7, 11) is 1.69. The molecule has 2 saturated carbocycles. The van der Waals surface area contributed by atoms with Gasteiger partial charge < -0.3 is 10.6 Å². The molecule has 3 nitrogen and oxygen atoms in total. The number of carbonyl (C=O) groups excluding carboxylic acids is 1. The van der Waals surface area contributed by atoms with E-state index in [-0.39, 0.29) is 36.8 Å². The van der Waals surface area contributed by atoms with Crippen LogP contribution in [0.4, 0.5) is 8.78 Å². The van der Waals surface area contributed by atoms with Crippen LogP contribution in [0.15, 0.2) is 18.2 Å². The fourth-order valence-electron chi connectivity index (χ4n) is 4.29. The maximum Gasteiger partial charge on any atom is 0.225 e. The number of fused-ring (bicyclic) bond motifs is 2. The summed E-state index contributed by atoms with van der Waals surface area (Å²) in [5.74, 6) is -0.294. The molecule has 134 valence electrons. The van der Waals surface area contributed by atoms with Crippen LogP contribution in [-0.4, -0.2) is 23.9 Å². The minimum Gasteiger partial charge on any atom is -0.341 e. The highest BCUT2D eigenvalue weighted by Crippen LogP contribution is 2.42. The topological polar surface area (TPSA) is 46.3 Å². The number of carbonyl (C=O) groups is 1. The van der Waals surface area contributed by atoms with Crippen molar-refractivity contribution in [2.75, 3.05) is 7.05 Å². The Kier molecular flexibility index (Phi) is 6.21. The Hall–Kier alpha value is -1.20. The normalized spacial score (nSPS) is 28.8. The number of nitrogens with two attached hydrogens (primary N) is 1. The van der Waals surface area contributed by atoms with E-state index >= 15 is 0 Å². The van der Waals surface area contributed by atoms with Crippen molar-refractivity contribution in [3.8, 4) is 0 Å². The summed E-state index contributed by atoms with van der Waals surface area (Å²) in [6.07, 6.45) is 5.11. The Balaban J connectivity index is 0.00000208. The van der Waals surface area contributed by atoms with Crippen LogP contribution in [-0.2, 0) is 11.3 Å². The number of benzene rings is 1. The smallest absolute Gasteiger partial charge is 0.225 e. The molecule has 3 rings (SSSR count). The fourth-order valence-corrected chi connectivity index (χ4v) is 4.29. The van der Waals surface area contributed by atoms with Gasteiger partial charge in [-0.2, -0.15) is 0 Å². The number of amides is 1. The van der Waals surface area contributed by atoms with Crippen LogP contribution in [0.2, 0.25) is 0 Å². The predicted molar refractivity (Wildman–Crippen MR) is 91.6 cm³/mol. The Morgan fingerprint density at radius 2 is 1.88 bits per heavy atom. The third-order valence-electron chi connectivity index (χ3n) is 5.56. The zero-order chi connectivity index (χ0) is 16.6. The van der Waals surface area contributed by atoms with Gasteiger partial charge in [-0.05, 0) is 43.6 Å². The second kappa shape index (κ2) is 7.79. The summed E-state index contributed by atoms with van der Waals surface area (Å²) < 4.78 is 26.7. The average Bonchev–Trinajstić information content (AvgIpc) is 2.49. The second-order valence-corrected chi connectivity index (χ2v) is 7.13. The second-order valence-electron chi connectivity index (χ2n) is 7.13.